The predicted molar refractivity (Wildman–Crippen MR) is 70.4 cm³/mol. The summed E-state index contributed by atoms with van der Waals surface area (Å²) in [5, 5.41) is 6.66. The van der Waals surface area contributed by atoms with E-state index < -0.39 is 0 Å². The maximum absolute atomic E-state index is 5.05. The molecule has 0 bridgehead atoms. The van der Waals surface area contributed by atoms with Crippen molar-refractivity contribution in [1.82, 2.24) is 5.32 Å². The van der Waals surface area contributed by atoms with Crippen LogP contribution in [0.3, 0.4) is 0 Å². The van der Waals surface area contributed by atoms with Gasteiger partial charge in [0, 0.05) is 12.7 Å². The summed E-state index contributed by atoms with van der Waals surface area (Å²) in [5.41, 5.74) is 2.49. The minimum absolute atomic E-state index is 0.166. The molecule has 82 valence electrons. The molecule has 1 aromatic carbocycles. The van der Waals surface area contributed by atoms with Crippen LogP contribution in [0.2, 0.25) is 0 Å². The van der Waals surface area contributed by atoms with E-state index in [2.05, 4.69) is 43.5 Å². The van der Waals surface area contributed by atoms with Crippen LogP contribution in [-0.2, 0) is 5.41 Å². The molecule has 0 spiro atoms. The highest BCUT2D eigenvalue weighted by atomic mass is 32.1. The van der Waals surface area contributed by atoms with Gasteiger partial charge in [0.05, 0.1) is 0 Å². The monoisotopic (exact) mass is 222 g/mol. The first-order valence-corrected chi connectivity index (χ1v) is 5.43. The van der Waals surface area contributed by atoms with E-state index in [9.17, 15) is 0 Å². The molecule has 2 N–H and O–H groups in total. The molecular formula is C12H18N2S. The number of rotatable bonds is 1. The normalized spacial score (nSPS) is 10.9. The third kappa shape index (κ3) is 3.51. The average molecular weight is 222 g/mol. The number of anilines is 1. The Morgan fingerprint density at radius 1 is 1.27 bits per heavy atom. The summed E-state index contributed by atoms with van der Waals surface area (Å²) in [7, 11) is 1.81. The molecule has 1 aromatic rings. The SMILES string of the molecule is CNC(=S)Nc1cccc(C(C)(C)C)c1. The maximum atomic E-state index is 5.05. The molecule has 0 aliphatic carbocycles. The van der Waals surface area contributed by atoms with E-state index in [1.54, 1.807) is 0 Å². The highest BCUT2D eigenvalue weighted by Gasteiger charge is 2.13. The summed E-state index contributed by atoms with van der Waals surface area (Å²) >= 11 is 5.05. The number of nitrogens with one attached hydrogen (secondary N) is 2. The minimum atomic E-state index is 0.166. The molecule has 0 fully saturated rings. The topological polar surface area (TPSA) is 24.1 Å². The largest absolute Gasteiger partial charge is 0.366 e. The second kappa shape index (κ2) is 4.62. The van der Waals surface area contributed by atoms with E-state index in [1.165, 1.54) is 5.56 Å². The highest BCUT2D eigenvalue weighted by molar-refractivity contribution is 7.80. The van der Waals surface area contributed by atoms with E-state index in [0.717, 1.165) is 5.69 Å². The molecule has 0 heterocycles. The fourth-order valence-corrected chi connectivity index (χ4v) is 1.37. The van der Waals surface area contributed by atoms with E-state index >= 15 is 0 Å². The first-order chi connectivity index (χ1) is 6.93. The van der Waals surface area contributed by atoms with Crippen molar-refractivity contribution < 1.29 is 0 Å². The average Bonchev–Trinajstić information content (AvgIpc) is 2.17. The van der Waals surface area contributed by atoms with Gasteiger partial charge >= 0.3 is 0 Å². The number of thiocarbonyl (C=S) groups is 1. The molecular weight excluding hydrogens is 204 g/mol. The first-order valence-electron chi connectivity index (χ1n) is 5.03. The fraction of sp³-hybridized carbons (Fsp3) is 0.417. The van der Waals surface area contributed by atoms with Crippen molar-refractivity contribution in [3.8, 4) is 0 Å². The summed E-state index contributed by atoms with van der Waals surface area (Å²) in [5.74, 6) is 0. The zero-order valence-electron chi connectivity index (χ0n) is 9.72. The molecule has 0 radical (unpaired) electrons. The molecule has 3 heteroatoms. The number of hydrogen-bond acceptors (Lipinski definition) is 1. The second-order valence-corrected chi connectivity index (χ2v) is 4.94. The van der Waals surface area contributed by atoms with Crippen molar-refractivity contribution >= 4 is 23.0 Å². The quantitative estimate of drug-likeness (QED) is 0.714. The summed E-state index contributed by atoms with van der Waals surface area (Å²) in [6.07, 6.45) is 0. The van der Waals surface area contributed by atoms with Gasteiger partial charge in [0.2, 0.25) is 0 Å². The van der Waals surface area contributed by atoms with Gasteiger partial charge in [0.1, 0.15) is 0 Å². The Labute approximate surface area is 97.1 Å². The Kier molecular flexibility index (Phi) is 3.69. The van der Waals surface area contributed by atoms with Gasteiger partial charge in [-0.25, -0.2) is 0 Å². The van der Waals surface area contributed by atoms with Gasteiger partial charge < -0.3 is 10.6 Å². The molecule has 2 nitrogen and oxygen atoms in total. The van der Waals surface area contributed by atoms with Gasteiger partial charge in [0.25, 0.3) is 0 Å². The molecule has 0 atom stereocenters. The molecule has 0 unspecified atom stereocenters. The van der Waals surface area contributed by atoms with Gasteiger partial charge in [-0.2, -0.15) is 0 Å². The number of hydrogen-bond donors (Lipinski definition) is 2. The first kappa shape index (κ1) is 12.0. The van der Waals surface area contributed by atoms with Crippen LogP contribution in [0.25, 0.3) is 0 Å². The van der Waals surface area contributed by atoms with Gasteiger partial charge in [-0.1, -0.05) is 32.9 Å². The Morgan fingerprint density at radius 2 is 1.93 bits per heavy atom. The third-order valence-corrected chi connectivity index (χ3v) is 2.52. The minimum Gasteiger partial charge on any atom is -0.366 e. The highest BCUT2D eigenvalue weighted by Crippen LogP contribution is 2.24. The Hall–Kier alpha value is -1.09. The summed E-state index contributed by atoms with van der Waals surface area (Å²) < 4.78 is 0. The molecule has 0 saturated carbocycles. The fourth-order valence-electron chi connectivity index (χ4n) is 1.26. The Balaban J connectivity index is 2.88. The van der Waals surface area contributed by atoms with Gasteiger partial charge in [-0.05, 0) is 35.3 Å². The van der Waals surface area contributed by atoms with Crippen LogP contribution in [0, 0.1) is 0 Å². The lowest BCUT2D eigenvalue weighted by atomic mass is 9.87. The van der Waals surface area contributed by atoms with E-state index in [0.29, 0.717) is 5.11 Å². The van der Waals surface area contributed by atoms with E-state index in [1.807, 2.05) is 19.2 Å². The molecule has 15 heavy (non-hydrogen) atoms. The van der Waals surface area contributed by atoms with Crippen molar-refractivity contribution in [3.63, 3.8) is 0 Å². The van der Waals surface area contributed by atoms with E-state index in [-0.39, 0.29) is 5.41 Å². The second-order valence-electron chi connectivity index (χ2n) is 4.53. The molecule has 0 saturated heterocycles. The summed E-state index contributed by atoms with van der Waals surface area (Å²) in [6, 6.07) is 8.32. The third-order valence-electron chi connectivity index (χ3n) is 2.21. The van der Waals surface area contributed by atoms with Gasteiger partial charge in [0.15, 0.2) is 5.11 Å². The Morgan fingerprint density at radius 3 is 2.47 bits per heavy atom. The van der Waals surface area contributed by atoms with Crippen molar-refractivity contribution in [1.29, 1.82) is 0 Å². The molecule has 0 aromatic heterocycles. The molecule has 0 aliphatic rings. The summed E-state index contributed by atoms with van der Waals surface area (Å²) in [6.45, 7) is 6.59. The van der Waals surface area contributed by atoms with E-state index in [4.69, 9.17) is 12.2 Å². The number of benzene rings is 1. The molecule has 1 rings (SSSR count). The van der Waals surface area contributed by atoms with Crippen molar-refractivity contribution in [3.05, 3.63) is 29.8 Å². The van der Waals surface area contributed by atoms with Crippen molar-refractivity contribution in [2.75, 3.05) is 12.4 Å². The van der Waals surface area contributed by atoms with Crippen LogP contribution < -0.4 is 10.6 Å². The summed E-state index contributed by atoms with van der Waals surface area (Å²) in [4.78, 5) is 0. The maximum Gasteiger partial charge on any atom is 0.170 e. The lowest BCUT2D eigenvalue weighted by Crippen LogP contribution is -2.24. The van der Waals surface area contributed by atoms with Gasteiger partial charge in [-0.3, -0.25) is 0 Å². The smallest absolute Gasteiger partial charge is 0.170 e. The van der Waals surface area contributed by atoms with Crippen LogP contribution in [-0.4, -0.2) is 12.2 Å². The zero-order chi connectivity index (χ0) is 11.5. The van der Waals surface area contributed by atoms with Crippen molar-refractivity contribution in [2.45, 2.75) is 26.2 Å². The molecule has 0 aliphatic heterocycles. The van der Waals surface area contributed by atoms with Crippen LogP contribution in [0.5, 0.6) is 0 Å². The van der Waals surface area contributed by atoms with Crippen LogP contribution in [0.15, 0.2) is 24.3 Å². The Bertz CT molecular complexity index is 353. The lowest BCUT2D eigenvalue weighted by Gasteiger charge is -2.20. The van der Waals surface area contributed by atoms with Crippen molar-refractivity contribution in [2.24, 2.45) is 0 Å². The standard InChI is InChI=1S/C12H18N2S/c1-12(2,3)9-6-5-7-10(8-9)14-11(15)13-4/h5-8H,1-4H3,(H2,13,14,15). The van der Waals surface area contributed by atoms with Crippen LogP contribution in [0.1, 0.15) is 26.3 Å². The van der Waals surface area contributed by atoms with Crippen LogP contribution >= 0.6 is 12.2 Å². The van der Waals surface area contributed by atoms with Crippen LogP contribution in [0.4, 0.5) is 5.69 Å². The van der Waals surface area contributed by atoms with Gasteiger partial charge in [-0.15, -0.1) is 0 Å². The zero-order valence-corrected chi connectivity index (χ0v) is 10.5. The molecule has 0 amide bonds. The predicted octanol–water partition coefficient (Wildman–Crippen LogP) is 2.90. The lowest BCUT2D eigenvalue weighted by molar-refractivity contribution is 0.590.